The number of carbonyl (C=O) groups excluding carboxylic acids is 2. The summed E-state index contributed by atoms with van der Waals surface area (Å²) < 4.78 is 10.2. The molecule has 0 fully saturated rings. The number of hydrogen-bond acceptors (Lipinski definition) is 6. The third kappa shape index (κ3) is 8.94. The van der Waals surface area contributed by atoms with Crippen LogP contribution in [-0.4, -0.2) is 43.3 Å². The summed E-state index contributed by atoms with van der Waals surface area (Å²) in [6, 6.07) is 5.27. The number of anilines is 1. The summed E-state index contributed by atoms with van der Waals surface area (Å²) >= 11 is 0. The first kappa shape index (κ1) is 22.3. The summed E-state index contributed by atoms with van der Waals surface area (Å²) in [5.41, 5.74) is 1.49. The summed E-state index contributed by atoms with van der Waals surface area (Å²) in [6.45, 7) is 10.3. The van der Waals surface area contributed by atoms with E-state index in [0.29, 0.717) is 39.1 Å². The van der Waals surface area contributed by atoms with Gasteiger partial charge in [-0.25, -0.2) is 0 Å². The molecule has 0 aliphatic rings. The third-order valence-electron chi connectivity index (χ3n) is 3.90. The Bertz CT molecular complexity index is 611. The van der Waals surface area contributed by atoms with E-state index in [0.717, 1.165) is 11.3 Å². The van der Waals surface area contributed by atoms with Crippen molar-refractivity contribution in [2.24, 2.45) is 0 Å². The fourth-order valence-corrected chi connectivity index (χ4v) is 2.27. The molecule has 0 radical (unpaired) electrons. The molecular weight excluding hydrogens is 346 g/mol. The van der Waals surface area contributed by atoms with Crippen molar-refractivity contribution in [2.75, 3.05) is 31.2 Å². The average molecular weight is 375 g/mol. The van der Waals surface area contributed by atoms with Gasteiger partial charge in [0.1, 0.15) is 5.75 Å². The van der Waals surface area contributed by atoms with E-state index in [9.17, 15) is 14.7 Å². The summed E-state index contributed by atoms with van der Waals surface area (Å²) in [5, 5.41) is 9.96. The fraction of sp³-hybridized carbons (Fsp3) is 0.429. The van der Waals surface area contributed by atoms with Gasteiger partial charge in [-0.3, -0.25) is 9.59 Å². The van der Waals surface area contributed by atoms with Crippen LogP contribution in [0.5, 0.6) is 5.75 Å². The van der Waals surface area contributed by atoms with E-state index in [1.54, 1.807) is 31.2 Å². The number of ether oxygens (including phenoxy) is 2. The molecule has 0 aromatic heterocycles. The summed E-state index contributed by atoms with van der Waals surface area (Å²) in [5.74, 6) is -0.460. The Morgan fingerprint density at radius 1 is 1.04 bits per heavy atom. The second-order valence-corrected chi connectivity index (χ2v) is 6.05. The SMILES string of the molecule is C=CCCOC(=O)CCN(CCC(=O)OCCC=C)c1ccc(C)c(O)c1. The Kier molecular flexibility index (Phi) is 10.4. The fourth-order valence-electron chi connectivity index (χ4n) is 2.27. The standard InChI is InChI=1S/C21H29NO5/c1-4-6-14-26-20(24)10-12-22(13-11-21(25)27-15-7-5-2)18-9-8-17(3)19(23)16-18/h4-5,8-9,16,23H,1-2,6-7,10-15H2,3H3. The molecule has 0 bridgehead atoms. The molecule has 0 unspecified atom stereocenters. The van der Waals surface area contributed by atoms with Crippen LogP contribution in [0.4, 0.5) is 5.69 Å². The van der Waals surface area contributed by atoms with E-state index in [-0.39, 0.29) is 30.5 Å². The molecule has 148 valence electrons. The highest BCUT2D eigenvalue weighted by atomic mass is 16.5. The highest BCUT2D eigenvalue weighted by Crippen LogP contribution is 2.24. The largest absolute Gasteiger partial charge is 0.508 e. The molecule has 0 amide bonds. The van der Waals surface area contributed by atoms with Crippen molar-refractivity contribution in [1.82, 2.24) is 0 Å². The van der Waals surface area contributed by atoms with Crippen molar-refractivity contribution >= 4 is 17.6 Å². The van der Waals surface area contributed by atoms with Crippen LogP contribution in [0.25, 0.3) is 0 Å². The third-order valence-corrected chi connectivity index (χ3v) is 3.90. The van der Waals surface area contributed by atoms with Crippen LogP contribution in [0, 0.1) is 6.92 Å². The van der Waals surface area contributed by atoms with Gasteiger partial charge in [0.15, 0.2) is 0 Å². The van der Waals surface area contributed by atoms with E-state index in [2.05, 4.69) is 13.2 Å². The molecule has 1 rings (SSSR count). The number of hydrogen-bond donors (Lipinski definition) is 1. The molecule has 0 aliphatic heterocycles. The molecule has 0 saturated carbocycles. The quantitative estimate of drug-likeness (QED) is 0.323. The van der Waals surface area contributed by atoms with Crippen LogP contribution >= 0.6 is 0 Å². The van der Waals surface area contributed by atoms with E-state index in [4.69, 9.17) is 9.47 Å². The molecule has 0 spiro atoms. The Morgan fingerprint density at radius 2 is 1.56 bits per heavy atom. The molecule has 0 heterocycles. The number of nitrogens with zero attached hydrogens (tertiary/aromatic N) is 1. The van der Waals surface area contributed by atoms with E-state index in [1.807, 2.05) is 11.0 Å². The van der Waals surface area contributed by atoms with Gasteiger partial charge in [0, 0.05) is 24.8 Å². The second-order valence-electron chi connectivity index (χ2n) is 6.05. The molecule has 0 saturated heterocycles. The van der Waals surface area contributed by atoms with Crippen LogP contribution in [0.1, 0.15) is 31.2 Å². The van der Waals surface area contributed by atoms with Gasteiger partial charge in [0.05, 0.1) is 26.1 Å². The Balaban J connectivity index is 2.66. The minimum Gasteiger partial charge on any atom is -0.508 e. The molecule has 0 atom stereocenters. The highest BCUT2D eigenvalue weighted by Gasteiger charge is 2.14. The van der Waals surface area contributed by atoms with Crippen LogP contribution in [0.3, 0.4) is 0 Å². The van der Waals surface area contributed by atoms with Gasteiger partial charge in [-0.05, 0) is 31.4 Å². The zero-order valence-corrected chi connectivity index (χ0v) is 16.0. The van der Waals surface area contributed by atoms with Crippen molar-refractivity contribution in [3.8, 4) is 5.75 Å². The van der Waals surface area contributed by atoms with Crippen LogP contribution < -0.4 is 4.90 Å². The first-order valence-corrected chi connectivity index (χ1v) is 9.05. The van der Waals surface area contributed by atoms with Gasteiger partial charge < -0.3 is 19.5 Å². The number of carbonyl (C=O) groups is 2. The predicted octanol–water partition coefficient (Wildman–Crippen LogP) is 3.53. The normalized spacial score (nSPS) is 10.1. The Morgan fingerprint density at radius 3 is 2.00 bits per heavy atom. The summed E-state index contributed by atoms with van der Waals surface area (Å²) in [6.07, 6.45) is 4.95. The van der Waals surface area contributed by atoms with E-state index < -0.39 is 0 Å². The zero-order chi connectivity index (χ0) is 20.1. The van der Waals surface area contributed by atoms with Crippen molar-refractivity contribution in [1.29, 1.82) is 0 Å². The van der Waals surface area contributed by atoms with Crippen molar-refractivity contribution in [3.05, 3.63) is 49.1 Å². The molecule has 6 heteroatoms. The molecule has 6 nitrogen and oxygen atoms in total. The summed E-state index contributed by atoms with van der Waals surface area (Å²) in [7, 11) is 0. The molecule has 1 aromatic carbocycles. The molecular formula is C21H29NO5. The van der Waals surface area contributed by atoms with Crippen LogP contribution in [0.2, 0.25) is 0 Å². The minimum atomic E-state index is -0.313. The Hall–Kier alpha value is -2.76. The number of aromatic hydroxyl groups is 1. The van der Waals surface area contributed by atoms with Gasteiger partial charge in [-0.15, -0.1) is 13.2 Å². The highest BCUT2D eigenvalue weighted by molar-refractivity contribution is 5.71. The topological polar surface area (TPSA) is 76.1 Å². The average Bonchev–Trinajstić information content (AvgIpc) is 2.64. The number of esters is 2. The lowest BCUT2D eigenvalue weighted by molar-refractivity contribution is -0.143. The minimum absolute atomic E-state index is 0.166. The molecule has 1 N–H and O–H groups in total. The lowest BCUT2D eigenvalue weighted by Gasteiger charge is -2.24. The van der Waals surface area contributed by atoms with Crippen LogP contribution in [0.15, 0.2) is 43.5 Å². The maximum atomic E-state index is 11.9. The second kappa shape index (κ2) is 12.6. The Labute approximate surface area is 161 Å². The number of phenols is 1. The zero-order valence-electron chi connectivity index (χ0n) is 16.0. The predicted molar refractivity (Wildman–Crippen MR) is 106 cm³/mol. The van der Waals surface area contributed by atoms with Crippen molar-refractivity contribution in [2.45, 2.75) is 32.6 Å². The first-order valence-electron chi connectivity index (χ1n) is 9.05. The van der Waals surface area contributed by atoms with Crippen molar-refractivity contribution < 1.29 is 24.2 Å². The summed E-state index contributed by atoms with van der Waals surface area (Å²) in [4.78, 5) is 25.6. The van der Waals surface area contributed by atoms with Gasteiger partial charge in [0.2, 0.25) is 0 Å². The smallest absolute Gasteiger partial charge is 0.307 e. The van der Waals surface area contributed by atoms with Gasteiger partial charge in [-0.2, -0.15) is 0 Å². The first-order chi connectivity index (χ1) is 13.0. The maximum absolute atomic E-state index is 11.9. The maximum Gasteiger partial charge on any atom is 0.307 e. The van der Waals surface area contributed by atoms with E-state index >= 15 is 0 Å². The number of benzene rings is 1. The van der Waals surface area contributed by atoms with Crippen LogP contribution in [-0.2, 0) is 19.1 Å². The number of aryl methyl sites for hydroxylation is 1. The molecule has 1 aromatic rings. The molecule has 0 aliphatic carbocycles. The van der Waals surface area contributed by atoms with Gasteiger partial charge in [0.25, 0.3) is 0 Å². The lowest BCUT2D eigenvalue weighted by atomic mass is 10.2. The van der Waals surface area contributed by atoms with Gasteiger partial charge >= 0.3 is 11.9 Å². The van der Waals surface area contributed by atoms with Gasteiger partial charge in [-0.1, -0.05) is 18.2 Å². The molecule has 27 heavy (non-hydrogen) atoms. The lowest BCUT2D eigenvalue weighted by Crippen LogP contribution is -2.29. The number of phenolic OH excluding ortho intramolecular Hbond substituents is 1. The van der Waals surface area contributed by atoms with Crippen molar-refractivity contribution in [3.63, 3.8) is 0 Å². The van der Waals surface area contributed by atoms with E-state index in [1.165, 1.54) is 0 Å². The monoisotopic (exact) mass is 375 g/mol. The number of rotatable bonds is 13.